The molecular weight excluding hydrogens is 490 g/mol. The van der Waals surface area contributed by atoms with Gasteiger partial charge in [-0.15, -0.1) is 6.58 Å². The van der Waals surface area contributed by atoms with Crippen molar-refractivity contribution in [2.75, 3.05) is 0 Å². The van der Waals surface area contributed by atoms with Gasteiger partial charge in [0, 0.05) is 11.3 Å². The molecule has 0 aliphatic carbocycles. The third kappa shape index (κ3) is 8.93. The Morgan fingerprint density at radius 2 is 1.56 bits per heavy atom. The summed E-state index contributed by atoms with van der Waals surface area (Å²) < 4.78 is 5.49. The molecule has 3 aromatic rings. The molecule has 0 radical (unpaired) electrons. The number of allylic oxidation sites excluding steroid dienone is 1. The minimum Gasteiger partial charge on any atom is -0.444 e. The standard InChI is InChI=1S/C32H41N3O4/c1-7-32(5,6)28(37)26-21-33-29(34-26)24(18-22-14-10-8-11-15-22)20-27(36)25(19-23-16-12-9-13-17-23)35-30(38)39-31(2,3)4/h7-17,21,24-25,27,36H,1,18-20H2,2-6H3,(H,33,34)(H,35,38)/t24-,25+,27+/m1/s1. The van der Waals surface area contributed by atoms with E-state index in [1.54, 1.807) is 33.0 Å². The molecule has 0 bridgehead atoms. The number of ether oxygens (including phenoxy) is 1. The van der Waals surface area contributed by atoms with Crippen LogP contribution in [-0.4, -0.2) is 44.7 Å². The number of ketones is 1. The molecule has 0 saturated heterocycles. The highest BCUT2D eigenvalue weighted by atomic mass is 16.6. The van der Waals surface area contributed by atoms with Gasteiger partial charge < -0.3 is 20.1 Å². The van der Waals surface area contributed by atoms with Crippen LogP contribution in [0.2, 0.25) is 0 Å². The van der Waals surface area contributed by atoms with Gasteiger partial charge >= 0.3 is 6.09 Å². The summed E-state index contributed by atoms with van der Waals surface area (Å²) in [7, 11) is 0. The van der Waals surface area contributed by atoms with E-state index in [1.807, 2.05) is 74.5 Å². The molecule has 0 aliphatic rings. The lowest BCUT2D eigenvalue weighted by atomic mass is 9.87. The summed E-state index contributed by atoms with van der Waals surface area (Å²) in [4.78, 5) is 33.5. The Balaban J connectivity index is 1.88. The summed E-state index contributed by atoms with van der Waals surface area (Å²) >= 11 is 0. The van der Waals surface area contributed by atoms with Crippen LogP contribution < -0.4 is 5.32 Å². The number of rotatable bonds is 12. The van der Waals surface area contributed by atoms with Crippen LogP contribution in [0.1, 0.15) is 74.4 Å². The Morgan fingerprint density at radius 3 is 2.10 bits per heavy atom. The van der Waals surface area contributed by atoms with Crippen molar-refractivity contribution in [3.05, 3.63) is 102 Å². The predicted molar refractivity (Wildman–Crippen MR) is 154 cm³/mol. The Bertz CT molecular complexity index is 1230. The number of H-pyrrole nitrogens is 1. The summed E-state index contributed by atoms with van der Waals surface area (Å²) in [5.74, 6) is 0.259. The van der Waals surface area contributed by atoms with Gasteiger partial charge in [0.1, 0.15) is 17.1 Å². The number of Topliss-reactive ketones (excluding diaryl/α,β-unsaturated/α-hetero) is 1. The van der Waals surface area contributed by atoms with Gasteiger partial charge in [-0.3, -0.25) is 4.79 Å². The number of aromatic amines is 1. The topological polar surface area (TPSA) is 104 Å². The van der Waals surface area contributed by atoms with Crippen molar-refractivity contribution in [2.24, 2.45) is 5.41 Å². The number of aromatic nitrogens is 2. The molecule has 208 valence electrons. The lowest BCUT2D eigenvalue weighted by Crippen LogP contribution is -2.47. The molecule has 2 aromatic carbocycles. The summed E-state index contributed by atoms with van der Waals surface area (Å²) in [5, 5.41) is 14.4. The van der Waals surface area contributed by atoms with Crippen LogP contribution in [0.4, 0.5) is 4.79 Å². The number of hydrogen-bond donors (Lipinski definition) is 3. The van der Waals surface area contributed by atoms with E-state index in [-0.39, 0.29) is 11.7 Å². The Morgan fingerprint density at radius 1 is 1.00 bits per heavy atom. The summed E-state index contributed by atoms with van der Waals surface area (Å²) in [6.07, 6.45) is 2.99. The molecule has 39 heavy (non-hydrogen) atoms. The lowest BCUT2D eigenvalue weighted by molar-refractivity contribution is 0.0404. The number of alkyl carbamates (subject to hydrolysis) is 1. The fourth-order valence-corrected chi connectivity index (χ4v) is 4.36. The molecular formula is C32H41N3O4. The number of nitrogens with one attached hydrogen (secondary N) is 2. The molecule has 7 heteroatoms. The van der Waals surface area contributed by atoms with E-state index < -0.39 is 29.3 Å². The maximum absolute atomic E-state index is 13.0. The first-order valence-electron chi connectivity index (χ1n) is 13.4. The summed E-state index contributed by atoms with van der Waals surface area (Å²) in [5.41, 5.74) is 1.05. The van der Waals surface area contributed by atoms with Crippen molar-refractivity contribution in [2.45, 2.75) is 77.5 Å². The summed E-state index contributed by atoms with van der Waals surface area (Å²) in [6, 6.07) is 19.0. The fourth-order valence-electron chi connectivity index (χ4n) is 4.36. The van der Waals surface area contributed by atoms with E-state index in [9.17, 15) is 14.7 Å². The zero-order chi connectivity index (χ0) is 28.6. The third-order valence-electron chi connectivity index (χ3n) is 6.64. The van der Waals surface area contributed by atoms with E-state index in [4.69, 9.17) is 4.74 Å². The quantitative estimate of drug-likeness (QED) is 0.196. The van der Waals surface area contributed by atoms with Gasteiger partial charge in [0.05, 0.1) is 18.3 Å². The second kappa shape index (κ2) is 12.9. The number of amides is 1. The average molecular weight is 532 g/mol. The van der Waals surface area contributed by atoms with Crippen LogP contribution in [0, 0.1) is 5.41 Å². The number of carbonyl (C=O) groups is 2. The molecule has 1 heterocycles. The van der Waals surface area contributed by atoms with Crippen LogP contribution in [0.5, 0.6) is 0 Å². The molecule has 3 N–H and O–H groups in total. The predicted octanol–water partition coefficient (Wildman–Crippen LogP) is 6.02. The smallest absolute Gasteiger partial charge is 0.407 e. The fraction of sp³-hybridized carbons (Fsp3) is 0.406. The highest BCUT2D eigenvalue weighted by Gasteiger charge is 2.31. The van der Waals surface area contributed by atoms with Crippen LogP contribution >= 0.6 is 0 Å². The maximum atomic E-state index is 13.0. The number of aliphatic hydroxyl groups is 1. The molecule has 1 amide bonds. The molecule has 0 saturated carbocycles. The van der Waals surface area contributed by atoms with Gasteiger partial charge in [0.15, 0.2) is 5.78 Å². The van der Waals surface area contributed by atoms with Gasteiger partial charge in [-0.25, -0.2) is 9.78 Å². The number of benzene rings is 2. The molecule has 0 aliphatic heterocycles. The second-order valence-electron chi connectivity index (χ2n) is 11.6. The van der Waals surface area contributed by atoms with Crippen molar-refractivity contribution in [1.82, 2.24) is 15.3 Å². The van der Waals surface area contributed by atoms with Crippen molar-refractivity contribution < 1.29 is 19.4 Å². The van der Waals surface area contributed by atoms with E-state index in [1.165, 1.54) is 0 Å². The van der Waals surface area contributed by atoms with Crippen molar-refractivity contribution in [1.29, 1.82) is 0 Å². The van der Waals surface area contributed by atoms with Crippen molar-refractivity contribution >= 4 is 11.9 Å². The van der Waals surface area contributed by atoms with Gasteiger partial charge in [0.2, 0.25) is 0 Å². The highest BCUT2D eigenvalue weighted by molar-refractivity contribution is 5.99. The maximum Gasteiger partial charge on any atom is 0.407 e. The van der Waals surface area contributed by atoms with Gasteiger partial charge in [-0.2, -0.15) is 0 Å². The normalized spacial score (nSPS) is 14.2. The molecule has 1 aromatic heterocycles. The SMILES string of the molecule is C=CC(C)(C)C(=O)c1cnc([C@H](Cc2ccccc2)C[C@H](O)[C@H](Cc2ccccc2)NC(=O)OC(C)(C)C)[nH]1. The Hall–Kier alpha value is -3.71. The zero-order valence-corrected chi connectivity index (χ0v) is 23.6. The number of carbonyl (C=O) groups excluding carboxylic acids is 2. The number of nitrogens with zero attached hydrogens (tertiary/aromatic N) is 1. The first kappa shape index (κ1) is 29.8. The Labute approximate surface area is 231 Å². The highest BCUT2D eigenvalue weighted by Crippen LogP contribution is 2.28. The van der Waals surface area contributed by atoms with E-state index >= 15 is 0 Å². The molecule has 0 unspecified atom stereocenters. The van der Waals surface area contributed by atoms with E-state index in [0.29, 0.717) is 30.8 Å². The Kier molecular flexibility index (Phi) is 9.86. The second-order valence-corrected chi connectivity index (χ2v) is 11.6. The minimum absolute atomic E-state index is 0.108. The average Bonchev–Trinajstić information content (AvgIpc) is 3.37. The van der Waals surface area contributed by atoms with Gasteiger partial charge in [-0.05, 0) is 65.0 Å². The molecule has 0 fully saturated rings. The summed E-state index contributed by atoms with van der Waals surface area (Å²) in [6.45, 7) is 12.8. The van der Waals surface area contributed by atoms with Crippen LogP contribution in [0.15, 0.2) is 79.5 Å². The van der Waals surface area contributed by atoms with Crippen LogP contribution in [0.25, 0.3) is 0 Å². The van der Waals surface area contributed by atoms with Gasteiger partial charge in [0.25, 0.3) is 0 Å². The van der Waals surface area contributed by atoms with E-state index in [2.05, 4.69) is 21.9 Å². The first-order valence-corrected chi connectivity index (χ1v) is 13.4. The van der Waals surface area contributed by atoms with Crippen LogP contribution in [0.3, 0.4) is 0 Å². The van der Waals surface area contributed by atoms with Crippen molar-refractivity contribution in [3.8, 4) is 0 Å². The molecule has 7 nitrogen and oxygen atoms in total. The van der Waals surface area contributed by atoms with Crippen LogP contribution in [-0.2, 0) is 17.6 Å². The zero-order valence-electron chi connectivity index (χ0n) is 23.6. The number of aliphatic hydroxyl groups excluding tert-OH is 1. The molecule has 3 rings (SSSR count). The minimum atomic E-state index is -0.916. The van der Waals surface area contributed by atoms with Gasteiger partial charge in [-0.1, -0.05) is 66.7 Å². The monoisotopic (exact) mass is 531 g/mol. The molecule has 3 atom stereocenters. The van der Waals surface area contributed by atoms with E-state index in [0.717, 1.165) is 11.1 Å². The number of hydrogen-bond acceptors (Lipinski definition) is 5. The van der Waals surface area contributed by atoms with Crippen molar-refractivity contribution in [3.63, 3.8) is 0 Å². The third-order valence-corrected chi connectivity index (χ3v) is 6.64. The first-order chi connectivity index (χ1) is 18.4. The number of imidazole rings is 1. The molecule has 0 spiro atoms. The largest absolute Gasteiger partial charge is 0.444 e. The lowest BCUT2D eigenvalue weighted by Gasteiger charge is -2.29.